The van der Waals surface area contributed by atoms with Crippen LogP contribution in [0.3, 0.4) is 0 Å². The third-order valence-corrected chi connectivity index (χ3v) is 3.07. The van der Waals surface area contributed by atoms with Gasteiger partial charge in [0.1, 0.15) is 11.6 Å². The van der Waals surface area contributed by atoms with Crippen LogP contribution < -0.4 is 5.32 Å². The van der Waals surface area contributed by atoms with Crippen molar-refractivity contribution in [3.8, 4) is 11.1 Å². The molecule has 1 aliphatic rings. The fraction of sp³-hybridized carbons (Fsp3) is 0.143. The third-order valence-electron chi connectivity index (χ3n) is 3.07. The van der Waals surface area contributed by atoms with Crippen molar-refractivity contribution in [3.63, 3.8) is 0 Å². The second-order valence-corrected chi connectivity index (χ2v) is 4.14. The van der Waals surface area contributed by atoms with Gasteiger partial charge in [0, 0.05) is 29.4 Å². The van der Waals surface area contributed by atoms with Crippen LogP contribution in [0.4, 0.5) is 14.5 Å². The van der Waals surface area contributed by atoms with Crippen LogP contribution >= 0.6 is 0 Å². The van der Waals surface area contributed by atoms with Gasteiger partial charge in [-0.15, -0.1) is 0 Å². The van der Waals surface area contributed by atoms with Crippen molar-refractivity contribution in [2.75, 3.05) is 11.9 Å². The Labute approximate surface area is 98.1 Å². The molecule has 2 aromatic rings. The highest BCUT2D eigenvalue weighted by molar-refractivity contribution is 5.81. The largest absolute Gasteiger partial charge is 0.384 e. The number of fused-ring (bicyclic) bond motifs is 1. The van der Waals surface area contributed by atoms with Crippen molar-refractivity contribution in [2.45, 2.75) is 6.42 Å². The molecule has 1 aliphatic heterocycles. The fourth-order valence-electron chi connectivity index (χ4n) is 2.27. The summed E-state index contributed by atoms with van der Waals surface area (Å²) in [6.45, 7) is 0.870. The van der Waals surface area contributed by atoms with E-state index in [4.69, 9.17) is 0 Å². The van der Waals surface area contributed by atoms with Crippen LogP contribution in [0.25, 0.3) is 11.1 Å². The van der Waals surface area contributed by atoms with Crippen LogP contribution in [0.15, 0.2) is 36.4 Å². The van der Waals surface area contributed by atoms with E-state index in [-0.39, 0.29) is 0 Å². The predicted octanol–water partition coefficient (Wildman–Crippen LogP) is 3.60. The Hall–Kier alpha value is -1.90. The third kappa shape index (κ3) is 1.68. The van der Waals surface area contributed by atoms with Gasteiger partial charge in [-0.1, -0.05) is 18.2 Å². The Bertz CT molecular complexity index is 578. The molecule has 1 heterocycles. The Morgan fingerprint density at radius 1 is 1.00 bits per heavy atom. The molecule has 0 fully saturated rings. The van der Waals surface area contributed by atoms with Gasteiger partial charge in [-0.3, -0.25) is 0 Å². The lowest BCUT2D eigenvalue weighted by Gasteiger charge is -2.09. The standard InChI is InChI=1S/C14H11F2N/c15-10-4-5-11(13(16)8-10)12-3-1-2-9-6-7-17-14(9)12/h1-5,8,17H,6-7H2. The summed E-state index contributed by atoms with van der Waals surface area (Å²) < 4.78 is 26.6. The van der Waals surface area contributed by atoms with Crippen molar-refractivity contribution < 1.29 is 8.78 Å². The fourth-order valence-corrected chi connectivity index (χ4v) is 2.27. The molecule has 0 radical (unpaired) electrons. The van der Waals surface area contributed by atoms with Gasteiger partial charge < -0.3 is 5.32 Å². The molecular formula is C14H11F2N. The molecule has 0 spiro atoms. The Balaban J connectivity index is 2.19. The van der Waals surface area contributed by atoms with E-state index >= 15 is 0 Å². The first-order valence-corrected chi connectivity index (χ1v) is 5.57. The molecule has 0 saturated heterocycles. The van der Waals surface area contributed by atoms with Crippen LogP contribution in [-0.4, -0.2) is 6.54 Å². The monoisotopic (exact) mass is 231 g/mol. The minimum Gasteiger partial charge on any atom is -0.384 e. The lowest BCUT2D eigenvalue weighted by molar-refractivity contribution is 0.585. The molecule has 17 heavy (non-hydrogen) atoms. The van der Waals surface area contributed by atoms with E-state index in [2.05, 4.69) is 5.32 Å². The van der Waals surface area contributed by atoms with Crippen molar-refractivity contribution >= 4 is 5.69 Å². The van der Waals surface area contributed by atoms with Gasteiger partial charge in [0.15, 0.2) is 0 Å². The van der Waals surface area contributed by atoms with E-state index in [1.807, 2.05) is 18.2 Å². The van der Waals surface area contributed by atoms with Crippen LogP contribution in [0.2, 0.25) is 0 Å². The summed E-state index contributed by atoms with van der Waals surface area (Å²) in [7, 11) is 0. The molecule has 1 N–H and O–H groups in total. The molecule has 3 rings (SSSR count). The number of nitrogens with one attached hydrogen (secondary N) is 1. The van der Waals surface area contributed by atoms with E-state index in [0.29, 0.717) is 5.56 Å². The summed E-state index contributed by atoms with van der Waals surface area (Å²) in [6.07, 6.45) is 0.950. The van der Waals surface area contributed by atoms with Gasteiger partial charge in [0.2, 0.25) is 0 Å². The molecule has 0 aromatic heterocycles. The SMILES string of the molecule is Fc1ccc(-c2cccc3c2NCC3)c(F)c1. The minimum absolute atomic E-state index is 0.442. The summed E-state index contributed by atoms with van der Waals surface area (Å²) in [4.78, 5) is 0. The highest BCUT2D eigenvalue weighted by Gasteiger charge is 2.16. The highest BCUT2D eigenvalue weighted by Crippen LogP contribution is 2.35. The summed E-state index contributed by atoms with van der Waals surface area (Å²) in [5.74, 6) is -1.07. The maximum Gasteiger partial charge on any atom is 0.134 e. The second kappa shape index (κ2) is 3.84. The summed E-state index contributed by atoms with van der Waals surface area (Å²) in [6, 6.07) is 9.48. The van der Waals surface area contributed by atoms with Gasteiger partial charge in [-0.05, 0) is 24.1 Å². The van der Waals surface area contributed by atoms with Crippen molar-refractivity contribution in [3.05, 3.63) is 53.6 Å². The number of hydrogen-bond donors (Lipinski definition) is 1. The topological polar surface area (TPSA) is 12.0 Å². The van der Waals surface area contributed by atoms with E-state index in [1.165, 1.54) is 17.7 Å². The normalized spacial score (nSPS) is 13.3. The zero-order valence-electron chi connectivity index (χ0n) is 9.13. The number of para-hydroxylation sites is 1. The molecular weight excluding hydrogens is 220 g/mol. The van der Waals surface area contributed by atoms with Crippen LogP contribution in [0.5, 0.6) is 0 Å². The number of rotatable bonds is 1. The average molecular weight is 231 g/mol. The predicted molar refractivity (Wildman–Crippen MR) is 64.0 cm³/mol. The molecule has 1 nitrogen and oxygen atoms in total. The van der Waals surface area contributed by atoms with Crippen LogP contribution in [-0.2, 0) is 6.42 Å². The summed E-state index contributed by atoms with van der Waals surface area (Å²) >= 11 is 0. The molecule has 3 heteroatoms. The Morgan fingerprint density at radius 3 is 2.71 bits per heavy atom. The van der Waals surface area contributed by atoms with Gasteiger partial charge in [-0.2, -0.15) is 0 Å². The van der Waals surface area contributed by atoms with Gasteiger partial charge in [-0.25, -0.2) is 8.78 Å². The Morgan fingerprint density at radius 2 is 1.88 bits per heavy atom. The van der Waals surface area contributed by atoms with Crippen molar-refractivity contribution in [2.24, 2.45) is 0 Å². The molecule has 0 bridgehead atoms. The molecule has 0 aliphatic carbocycles. The van der Waals surface area contributed by atoms with Crippen LogP contribution in [0, 0.1) is 11.6 Å². The molecule has 2 aromatic carbocycles. The van der Waals surface area contributed by atoms with Crippen LogP contribution in [0.1, 0.15) is 5.56 Å². The van der Waals surface area contributed by atoms with Crippen molar-refractivity contribution in [1.29, 1.82) is 0 Å². The summed E-state index contributed by atoms with van der Waals surface area (Å²) in [5.41, 5.74) is 3.40. The van der Waals surface area contributed by atoms with E-state index in [1.54, 1.807) is 0 Å². The number of anilines is 1. The van der Waals surface area contributed by atoms with E-state index in [0.717, 1.165) is 30.3 Å². The quantitative estimate of drug-likeness (QED) is 0.790. The van der Waals surface area contributed by atoms with Gasteiger partial charge >= 0.3 is 0 Å². The smallest absolute Gasteiger partial charge is 0.134 e. The van der Waals surface area contributed by atoms with Gasteiger partial charge in [0.05, 0.1) is 0 Å². The molecule has 0 unspecified atom stereocenters. The van der Waals surface area contributed by atoms with E-state index < -0.39 is 11.6 Å². The first-order valence-electron chi connectivity index (χ1n) is 5.57. The molecule has 0 atom stereocenters. The van der Waals surface area contributed by atoms with Gasteiger partial charge in [0.25, 0.3) is 0 Å². The Kier molecular flexibility index (Phi) is 2.32. The number of benzene rings is 2. The van der Waals surface area contributed by atoms with E-state index in [9.17, 15) is 8.78 Å². The number of hydrogen-bond acceptors (Lipinski definition) is 1. The lowest BCUT2D eigenvalue weighted by Crippen LogP contribution is -1.94. The number of halogens is 2. The minimum atomic E-state index is -0.549. The highest BCUT2D eigenvalue weighted by atomic mass is 19.1. The maximum absolute atomic E-state index is 13.7. The lowest BCUT2D eigenvalue weighted by atomic mass is 10.00. The zero-order chi connectivity index (χ0) is 11.8. The zero-order valence-corrected chi connectivity index (χ0v) is 9.13. The molecule has 0 amide bonds. The first-order chi connectivity index (χ1) is 8.25. The molecule has 86 valence electrons. The first kappa shape index (κ1) is 10.3. The average Bonchev–Trinajstić information content (AvgIpc) is 2.77. The summed E-state index contributed by atoms with van der Waals surface area (Å²) in [5, 5.41) is 3.25. The maximum atomic E-state index is 13.7. The molecule has 0 saturated carbocycles. The van der Waals surface area contributed by atoms with Crippen molar-refractivity contribution in [1.82, 2.24) is 0 Å². The second-order valence-electron chi connectivity index (χ2n) is 4.14.